The maximum absolute atomic E-state index is 13.4. The molecule has 12 heteroatoms. The number of nitrogens with zero attached hydrogens (tertiary/aromatic N) is 1. The Morgan fingerprint density at radius 3 is 2.02 bits per heavy atom. The van der Waals surface area contributed by atoms with Gasteiger partial charge in [-0.15, -0.1) is 0 Å². The minimum atomic E-state index is -4.02. The molecule has 0 aromatic heterocycles. The van der Waals surface area contributed by atoms with Crippen LogP contribution in [0.2, 0.25) is 0 Å². The summed E-state index contributed by atoms with van der Waals surface area (Å²) in [5.41, 5.74) is 11.6. The quantitative estimate of drug-likeness (QED) is 0.132. The van der Waals surface area contributed by atoms with E-state index in [1.807, 2.05) is 77.1 Å². The number of aryl methyl sites for hydroxylation is 1. The molecule has 0 aliphatic heterocycles. The molecule has 242 valence electrons. The van der Waals surface area contributed by atoms with Crippen LogP contribution in [0, 0.1) is 30.6 Å². The number of hydrogen-bond donors (Lipinski definition) is 5. The first kappa shape index (κ1) is 36.6. The lowest BCUT2D eigenvalue weighted by molar-refractivity contribution is -0.148. The van der Waals surface area contributed by atoms with Crippen molar-refractivity contribution in [2.45, 2.75) is 70.7 Å². The van der Waals surface area contributed by atoms with Crippen molar-refractivity contribution < 1.29 is 32.6 Å². The van der Waals surface area contributed by atoms with E-state index in [0.717, 1.165) is 11.1 Å². The number of allylic oxidation sites excluding steroid dienone is 1. The van der Waals surface area contributed by atoms with Gasteiger partial charge in [-0.3, -0.25) is 34.6 Å². The van der Waals surface area contributed by atoms with Crippen LogP contribution >= 0.6 is 0 Å². The maximum atomic E-state index is 13.4. The third-order valence-corrected chi connectivity index (χ3v) is 7.93. The number of nitrogens with one attached hydrogen (secondary N) is 2. The standard InChI is InChI=1S/C25H38N4O4.C7H8O3S/c1-17(2)15-21(20(23(31)28-33)12-8-11-19-9-6-5-7-10-19)22(30)27-29(16-18(3)4)24(32)25(26)13-14-25;1-6-2-4-7(5-3-6)11(8,9)10/h5-11,17-18,20-21,33H,12-16,26H2,1-4H3,(H,27,30)(H,28,31);2-5H,1H3,(H,8,9,10)/t20-,21+;/m0./s1. The van der Waals surface area contributed by atoms with Crippen LogP contribution in [0.15, 0.2) is 65.6 Å². The number of hydrogen-bond acceptors (Lipinski definition) is 7. The number of nitrogens with two attached hydrogens (primary N) is 1. The van der Waals surface area contributed by atoms with Gasteiger partial charge >= 0.3 is 0 Å². The van der Waals surface area contributed by atoms with Crippen LogP contribution in [0.4, 0.5) is 0 Å². The van der Waals surface area contributed by atoms with Crippen molar-refractivity contribution in [1.29, 1.82) is 0 Å². The second-order valence-corrected chi connectivity index (χ2v) is 13.5. The molecule has 0 radical (unpaired) electrons. The van der Waals surface area contributed by atoms with Gasteiger partial charge in [-0.2, -0.15) is 8.42 Å². The van der Waals surface area contributed by atoms with Crippen LogP contribution in [0.25, 0.3) is 6.08 Å². The molecular formula is C32H46N4O7S. The van der Waals surface area contributed by atoms with Gasteiger partial charge in [-0.05, 0) is 62.1 Å². The summed E-state index contributed by atoms with van der Waals surface area (Å²) >= 11 is 0. The summed E-state index contributed by atoms with van der Waals surface area (Å²) in [6.07, 6.45) is 5.55. The van der Waals surface area contributed by atoms with E-state index in [1.165, 1.54) is 17.1 Å². The molecule has 0 unspecified atom stereocenters. The summed E-state index contributed by atoms with van der Waals surface area (Å²) in [6, 6.07) is 15.6. The molecule has 1 aliphatic rings. The Morgan fingerprint density at radius 2 is 1.55 bits per heavy atom. The molecule has 0 heterocycles. The average Bonchev–Trinajstić information content (AvgIpc) is 3.71. The highest BCUT2D eigenvalue weighted by molar-refractivity contribution is 7.85. The van der Waals surface area contributed by atoms with Crippen molar-refractivity contribution in [3.05, 3.63) is 71.8 Å². The molecule has 0 saturated heterocycles. The molecule has 2 aromatic rings. The molecule has 1 fully saturated rings. The van der Waals surface area contributed by atoms with E-state index in [0.29, 0.717) is 25.8 Å². The second-order valence-electron chi connectivity index (χ2n) is 12.1. The van der Waals surface area contributed by atoms with Gasteiger partial charge in [-0.25, -0.2) is 5.48 Å². The average molecular weight is 631 g/mol. The van der Waals surface area contributed by atoms with Crippen LogP contribution in [0.5, 0.6) is 0 Å². The van der Waals surface area contributed by atoms with Gasteiger partial charge in [0.15, 0.2) is 0 Å². The Balaban J connectivity index is 0.000000514. The third-order valence-electron chi connectivity index (χ3n) is 7.07. The van der Waals surface area contributed by atoms with Gasteiger partial charge in [-0.1, -0.05) is 87.9 Å². The molecule has 6 N–H and O–H groups in total. The number of carbonyl (C=O) groups excluding carboxylic acids is 3. The van der Waals surface area contributed by atoms with E-state index in [4.69, 9.17) is 10.3 Å². The summed E-state index contributed by atoms with van der Waals surface area (Å²) in [5, 5.41) is 10.7. The summed E-state index contributed by atoms with van der Waals surface area (Å²) in [6.45, 7) is 9.99. The zero-order valence-electron chi connectivity index (χ0n) is 26.1. The van der Waals surface area contributed by atoms with Gasteiger partial charge in [0.2, 0.25) is 11.8 Å². The van der Waals surface area contributed by atoms with Gasteiger partial charge in [0.1, 0.15) is 0 Å². The Labute approximate surface area is 260 Å². The van der Waals surface area contributed by atoms with E-state index in [9.17, 15) is 28.0 Å². The lowest BCUT2D eigenvalue weighted by atomic mass is 9.82. The number of carbonyl (C=O) groups is 3. The van der Waals surface area contributed by atoms with E-state index in [1.54, 1.807) is 17.6 Å². The molecule has 2 aromatic carbocycles. The summed E-state index contributed by atoms with van der Waals surface area (Å²) in [7, 11) is -4.02. The van der Waals surface area contributed by atoms with Crippen molar-refractivity contribution in [2.24, 2.45) is 29.4 Å². The molecule has 1 saturated carbocycles. The largest absolute Gasteiger partial charge is 0.317 e. The minimum Gasteiger partial charge on any atom is -0.317 e. The summed E-state index contributed by atoms with van der Waals surface area (Å²) in [5.74, 6) is -2.68. The zero-order valence-corrected chi connectivity index (χ0v) is 26.9. The van der Waals surface area contributed by atoms with E-state index in [-0.39, 0.29) is 29.1 Å². The number of hydroxylamine groups is 1. The first-order valence-corrected chi connectivity index (χ1v) is 16.1. The van der Waals surface area contributed by atoms with Crippen molar-refractivity contribution in [2.75, 3.05) is 6.54 Å². The Morgan fingerprint density at radius 1 is 0.955 bits per heavy atom. The topological polar surface area (TPSA) is 179 Å². The molecule has 3 amide bonds. The molecule has 0 bridgehead atoms. The van der Waals surface area contributed by atoms with Gasteiger partial charge in [0.25, 0.3) is 16.0 Å². The minimum absolute atomic E-state index is 0.0666. The SMILES string of the molecule is CC(C)C[C@@H](C(=O)NN(CC(C)C)C(=O)C1(N)CC1)[C@H](CC=Cc1ccccc1)C(=O)NO.Cc1ccc(S(=O)(=O)O)cc1. The molecule has 2 atom stereocenters. The lowest BCUT2D eigenvalue weighted by Gasteiger charge is -2.31. The molecule has 0 spiro atoms. The van der Waals surface area contributed by atoms with Crippen molar-refractivity contribution in [1.82, 2.24) is 15.9 Å². The van der Waals surface area contributed by atoms with Crippen LogP contribution in [-0.2, 0) is 24.5 Å². The van der Waals surface area contributed by atoms with Crippen molar-refractivity contribution in [3.63, 3.8) is 0 Å². The Bertz CT molecular complexity index is 1370. The maximum Gasteiger partial charge on any atom is 0.294 e. The first-order valence-electron chi connectivity index (χ1n) is 14.7. The van der Waals surface area contributed by atoms with Gasteiger partial charge < -0.3 is 5.73 Å². The fourth-order valence-electron chi connectivity index (χ4n) is 4.50. The number of amides is 3. The van der Waals surface area contributed by atoms with Gasteiger partial charge in [0.05, 0.1) is 22.3 Å². The third kappa shape index (κ3) is 11.8. The predicted molar refractivity (Wildman–Crippen MR) is 168 cm³/mol. The molecular weight excluding hydrogens is 584 g/mol. The van der Waals surface area contributed by atoms with E-state index >= 15 is 0 Å². The first-order chi connectivity index (χ1) is 20.6. The number of hydrazine groups is 1. The number of rotatable bonds is 12. The molecule has 3 rings (SSSR count). The monoisotopic (exact) mass is 630 g/mol. The Kier molecular flexibility index (Phi) is 13.7. The zero-order chi connectivity index (χ0) is 33.1. The highest BCUT2D eigenvalue weighted by Crippen LogP contribution is 2.34. The second kappa shape index (κ2) is 16.5. The van der Waals surface area contributed by atoms with Crippen LogP contribution < -0.4 is 16.6 Å². The van der Waals surface area contributed by atoms with E-state index < -0.39 is 39.3 Å². The summed E-state index contributed by atoms with van der Waals surface area (Å²) in [4.78, 5) is 38.8. The van der Waals surface area contributed by atoms with Crippen LogP contribution in [0.3, 0.4) is 0 Å². The van der Waals surface area contributed by atoms with E-state index in [2.05, 4.69) is 5.43 Å². The normalized spacial score (nSPS) is 15.2. The van der Waals surface area contributed by atoms with Crippen molar-refractivity contribution >= 4 is 33.9 Å². The molecule has 11 nitrogen and oxygen atoms in total. The van der Waals surface area contributed by atoms with Crippen LogP contribution in [0.1, 0.15) is 64.5 Å². The number of benzene rings is 2. The lowest BCUT2D eigenvalue weighted by Crippen LogP contribution is -2.57. The summed E-state index contributed by atoms with van der Waals surface area (Å²) < 4.78 is 29.6. The van der Waals surface area contributed by atoms with Gasteiger partial charge in [0, 0.05) is 6.54 Å². The fraction of sp³-hybridized carbons (Fsp3) is 0.469. The van der Waals surface area contributed by atoms with Crippen LogP contribution in [-0.4, -0.2) is 53.0 Å². The Hall–Kier alpha value is -3.58. The smallest absolute Gasteiger partial charge is 0.294 e. The molecule has 44 heavy (non-hydrogen) atoms. The highest BCUT2D eigenvalue weighted by atomic mass is 32.2. The fourth-order valence-corrected chi connectivity index (χ4v) is 4.98. The molecule has 1 aliphatic carbocycles. The van der Waals surface area contributed by atoms with Crippen molar-refractivity contribution in [3.8, 4) is 0 Å². The highest BCUT2D eigenvalue weighted by Gasteiger charge is 2.49. The predicted octanol–water partition coefficient (Wildman–Crippen LogP) is 4.12.